The second-order valence-corrected chi connectivity index (χ2v) is 6.28. The van der Waals surface area contributed by atoms with Gasteiger partial charge < -0.3 is 4.74 Å². The van der Waals surface area contributed by atoms with Crippen LogP contribution in [0.3, 0.4) is 0 Å². The topological polar surface area (TPSA) is 9.23 Å². The van der Waals surface area contributed by atoms with Gasteiger partial charge in [0.2, 0.25) is 0 Å². The van der Waals surface area contributed by atoms with Crippen molar-refractivity contribution < 1.29 is 17.9 Å². The summed E-state index contributed by atoms with van der Waals surface area (Å²) in [4.78, 5) is 0. The summed E-state index contributed by atoms with van der Waals surface area (Å²) in [7, 11) is 0. The van der Waals surface area contributed by atoms with Crippen LogP contribution in [0.5, 0.6) is 5.75 Å². The summed E-state index contributed by atoms with van der Waals surface area (Å²) in [5.74, 6) is -0.773. The Kier molecular flexibility index (Phi) is 5.76. The highest BCUT2D eigenvalue weighted by Crippen LogP contribution is 2.41. The first-order valence-corrected chi connectivity index (χ1v) is 8.31. The molecule has 0 atom stereocenters. The molecule has 1 saturated carbocycles. The third-order valence-corrected chi connectivity index (χ3v) is 4.68. The molecule has 1 fully saturated rings. The van der Waals surface area contributed by atoms with Gasteiger partial charge in [-0.25, -0.2) is 4.39 Å². The first kappa shape index (κ1) is 17.2. The number of ether oxygens (including phenoxy) is 1. The number of rotatable bonds is 6. The first-order chi connectivity index (χ1) is 10.5. The first-order valence-electron chi connectivity index (χ1n) is 8.31. The predicted octanol–water partition coefficient (Wildman–Crippen LogP) is 5.97. The minimum Gasteiger partial charge on any atom is -0.432 e. The Balaban J connectivity index is 1.97. The third kappa shape index (κ3) is 4.17. The van der Waals surface area contributed by atoms with Crippen molar-refractivity contribution in [2.24, 2.45) is 11.8 Å². The van der Waals surface area contributed by atoms with Gasteiger partial charge in [-0.15, -0.1) is 0 Å². The van der Waals surface area contributed by atoms with Crippen LogP contribution in [0.15, 0.2) is 18.2 Å². The van der Waals surface area contributed by atoms with Crippen LogP contribution in [0.25, 0.3) is 0 Å². The van der Waals surface area contributed by atoms with Crippen molar-refractivity contribution in [3.05, 3.63) is 29.6 Å². The molecule has 0 amide bonds. The highest BCUT2D eigenvalue weighted by Gasteiger charge is 2.43. The Labute approximate surface area is 130 Å². The normalized spacial score (nSPS) is 22.6. The Hall–Kier alpha value is -1.19. The number of hydrogen-bond donors (Lipinski definition) is 0. The monoisotopic (exact) mass is 314 g/mol. The highest BCUT2D eigenvalue weighted by molar-refractivity contribution is 5.29. The number of aryl methyl sites for hydroxylation is 1. The van der Waals surface area contributed by atoms with E-state index in [0.29, 0.717) is 30.7 Å². The van der Waals surface area contributed by atoms with Gasteiger partial charge in [-0.2, -0.15) is 8.78 Å². The molecule has 4 heteroatoms. The van der Waals surface area contributed by atoms with Crippen molar-refractivity contribution >= 4 is 0 Å². The predicted molar refractivity (Wildman–Crippen MR) is 81.7 cm³/mol. The summed E-state index contributed by atoms with van der Waals surface area (Å²) in [5.41, 5.74) is 0.510. The highest BCUT2D eigenvalue weighted by atomic mass is 19.3. The summed E-state index contributed by atoms with van der Waals surface area (Å²) in [5, 5.41) is 0. The van der Waals surface area contributed by atoms with E-state index in [1.54, 1.807) is 0 Å². The molecule has 22 heavy (non-hydrogen) atoms. The zero-order valence-electron chi connectivity index (χ0n) is 13.4. The molecular weight excluding hydrogens is 289 g/mol. The van der Waals surface area contributed by atoms with Gasteiger partial charge >= 0.3 is 6.11 Å². The van der Waals surface area contributed by atoms with Gasteiger partial charge in [0.15, 0.2) is 0 Å². The summed E-state index contributed by atoms with van der Waals surface area (Å²) < 4.78 is 47.1. The molecule has 1 aromatic carbocycles. The summed E-state index contributed by atoms with van der Waals surface area (Å²) in [6, 6.07) is 4.01. The molecule has 1 aliphatic carbocycles. The van der Waals surface area contributed by atoms with E-state index in [1.165, 1.54) is 12.1 Å². The van der Waals surface area contributed by atoms with E-state index >= 15 is 0 Å². The molecule has 0 aromatic heterocycles. The van der Waals surface area contributed by atoms with Crippen molar-refractivity contribution in [1.82, 2.24) is 0 Å². The Bertz CT molecular complexity index is 479. The summed E-state index contributed by atoms with van der Waals surface area (Å²) in [6.07, 6.45) is 2.15. The second-order valence-electron chi connectivity index (χ2n) is 6.28. The fourth-order valence-electron chi connectivity index (χ4n) is 3.31. The van der Waals surface area contributed by atoms with E-state index in [2.05, 4.69) is 6.92 Å². The van der Waals surface area contributed by atoms with Crippen molar-refractivity contribution in [2.75, 3.05) is 0 Å². The molecule has 0 saturated heterocycles. The zero-order chi connectivity index (χ0) is 16.2. The van der Waals surface area contributed by atoms with Crippen LogP contribution < -0.4 is 4.74 Å². The molecule has 0 radical (unpaired) electrons. The molecule has 0 unspecified atom stereocenters. The molecule has 0 heterocycles. The van der Waals surface area contributed by atoms with Crippen molar-refractivity contribution in [1.29, 1.82) is 0 Å². The Morgan fingerprint density at radius 1 is 1.14 bits per heavy atom. The van der Waals surface area contributed by atoms with E-state index in [4.69, 9.17) is 4.74 Å². The molecule has 1 aliphatic rings. The zero-order valence-corrected chi connectivity index (χ0v) is 13.4. The van der Waals surface area contributed by atoms with E-state index in [9.17, 15) is 13.2 Å². The lowest BCUT2D eigenvalue weighted by atomic mass is 9.79. The lowest BCUT2D eigenvalue weighted by Gasteiger charge is -2.33. The SMILES string of the molecule is CCCC1CCC(C(F)(F)Oc2ccc(CC)c(F)c2)CC1. The van der Waals surface area contributed by atoms with Crippen LogP contribution in [-0.2, 0) is 6.42 Å². The molecule has 1 nitrogen and oxygen atoms in total. The maximum absolute atomic E-state index is 14.3. The molecule has 1 aromatic rings. The van der Waals surface area contributed by atoms with Gasteiger partial charge in [-0.1, -0.05) is 32.8 Å². The van der Waals surface area contributed by atoms with E-state index in [0.717, 1.165) is 31.7 Å². The molecule has 0 aliphatic heterocycles. The quantitative estimate of drug-likeness (QED) is 0.629. The minimum atomic E-state index is -3.22. The second kappa shape index (κ2) is 7.38. The van der Waals surface area contributed by atoms with Crippen molar-refractivity contribution in [2.45, 2.75) is 64.9 Å². The molecule has 0 bridgehead atoms. The lowest BCUT2D eigenvalue weighted by molar-refractivity contribution is -0.223. The van der Waals surface area contributed by atoms with Crippen LogP contribution in [0.2, 0.25) is 0 Å². The van der Waals surface area contributed by atoms with E-state index < -0.39 is 17.8 Å². The molecule has 0 N–H and O–H groups in total. The number of halogens is 3. The number of alkyl halides is 2. The van der Waals surface area contributed by atoms with Gasteiger partial charge in [-0.3, -0.25) is 0 Å². The van der Waals surface area contributed by atoms with E-state index in [-0.39, 0.29) is 5.75 Å². The average Bonchev–Trinajstić information content (AvgIpc) is 2.48. The molecule has 0 spiro atoms. The average molecular weight is 314 g/mol. The third-order valence-electron chi connectivity index (χ3n) is 4.68. The Morgan fingerprint density at radius 3 is 2.36 bits per heavy atom. The molecular formula is C18H25F3O. The van der Waals surface area contributed by atoms with Gasteiger partial charge in [0.05, 0.1) is 5.92 Å². The van der Waals surface area contributed by atoms with Crippen LogP contribution in [0.1, 0.15) is 57.9 Å². The van der Waals surface area contributed by atoms with Crippen LogP contribution >= 0.6 is 0 Å². The smallest absolute Gasteiger partial charge is 0.400 e. The standard InChI is InChI=1S/C18H25F3O/c1-3-5-13-6-9-15(10-7-13)18(20,21)22-16-11-8-14(4-2)17(19)12-16/h8,11-13,15H,3-7,9-10H2,1-2H3. The minimum absolute atomic E-state index is 0.0876. The maximum atomic E-state index is 14.3. The summed E-state index contributed by atoms with van der Waals surface area (Å²) in [6.45, 7) is 3.95. The van der Waals surface area contributed by atoms with Crippen LogP contribution in [0.4, 0.5) is 13.2 Å². The summed E-state index contributed by atoms with van der Waals surface area (Å²) >= 11 is 0. The van der Waals surface area contributed by atoms with Crippen molar-refractivity contribution in [3.8, 4) is 5.75 Å². The van der Waals surface area contributed by atoms with Gasteiger partial charge in [0, 0.05) is 6.07 Å². The maximum Gasteiger partial charge on any atom is 0.400 e. The van der Waals surface area contributed by atoms with Gasteiger partial charge in [0.1, 0.15) is 11.6 Å². The molecule has 124 valence electrons. The van der Waals surface area contributed by atoms with Gasteiger partial charge in [-0.05, 0) is 49.7 Å². The van der Waals surface area contributed by atoms with Crippen LogP contribution in [0, 0.1) is 17.7 Å². The Morgan fingerprint density at radius 2 is 1.82 bits per heavy atom. The van der Waals surface area contributed by atoms with Crippen LogP contribution in [-0.4, -0.2) is 6.11 Å². The largest absolute Gasteiger partial charge is 0.432 e. The number of benzene rings is 1. The fourth-order valence-corrected chi connectivity index (χ4v) is 3.31. The molecule has 2 rings (SSSR count). The van der Waals surface area contributed by atoms with Crippen molar-refractivity contribution in [3.63, 3.8) is 0 Å². The number of hydrogen-bond acceptors (Lipinski definition) is 1. The fraction of sp³-hybridized carbons (Fsp3) is 0.667. The van der Waals surface area contributed by atoms with E-state index in [1.807, 2.05) is 6.92 Å². The lowest BCUT2D eigenvalue weighted by Crippen LogP contribution is -2.37. The van der Waals surface area contributed by atoms with Gasteiger partial charge in [0.25, 0.3) is 0 Å².